The van der Waals surface area contributed by atoms with Gasteiger partial charge in [-0.3, -0.25) is 9.59 Å². The molecular weight excluding hydrogens is 381 g/mol. The summed E-state index contributed by atoms with van der Waals surface area (Å²) in [7, 11) is 1.61. The van der Waals surface area contributed by atoms with Crippen molar-refractivity contribution >= 4 is 45.2 Å². The molecule has 2 aromatic rings. The third-order valence-electron chi connectivity index (χ3n) is 3.30. The molecule has 0 aliphatic carbocycles. The van der Waals surface area contributed by atoms with E-state index in [4.69, 9.17) is 0 Å². The Bertz CT molecular complexity index is 935. The fourth-order valence-electron chi connectivity index (χ4n) is 1.80. The van der Waals surface area contributed by atoms with Crippen LogP contribution < -0.4 is 14.8 Å². The predicted octanol–water partition coefficient (Wildman–Crippen LogP) is 2.57. The summed E-state index contributed by atoms with van der Waals surface area (Å²) in [4.78, 5) is 24.4. The van der Waals surface area contributed by atoms with Crippen LogP contribution in [0.2, 0.25) is 0 Å². The number of hydrogen-bond donors (Lipinski definition) is 0. The van der Waals surface area contributed by atoms with Gasteiger partial charge < -0.3 is 4.57 Å². The molecule has 122 valence electrons. The van der Waals surface area contributed by atoms with Crippen LogP contribution in [0.1, 0.15) is 26.3 Å². The molecule has 0 unspecified atom stereocenters. The third-order valence-corrected chi connectivity index (χ3v) is 4.91. The number of aromatic nitrogens is 1. The average molecular weight is 398 g/mol. The van der Waals surface area contributed by atoms with Crippen molar-refractivity contribution in [2.24, 2.45) is 12.5 Å². The van der Waals surface area contributed by atoms with Gasteiger partial charge in [-0.2, -0.15) is 0 Å². The van der Waals surface area contributed by atoms with E-state index in [0.29, 0.717) is 19.2 Å². The molecule has 0 saturated heterocycles. The molecule has 0 aliphatic heterocycles. The summed E-state index contributed by atoms with van der Waals surface area (Å²) in [6, 6.07) is 4.66. The fourth-order valence-corrected chi connectivity index (χ4v) is 3.15. The molecule has 0 spiro atoms. The quantitative estimate of drug-likeness (QED) is 0.780. The zero-order chi connectivity index (χ0) is 17.4. The van der Waals surface area contributed by atoms with Crippen LogP contribution >= 0.6 is 27.3 Å². The van der Waals surface area contributed by atoms with Gasteiger partial charge in [-0.15, -0.1) is 11.3 Å². The smallest absolute Gasteiger partial charge is 0.268 e. The Morgan fingerprint density at radius 1 is 1.35 bits per heavy atom. The van der Waals surface area contributed by atoms with Crippen LogP contribution in [-0.4, -0.2) is 10.4 Å². The topological polar surface area (TPSA) is 39.1 Å². The van der Waals surface area contributed by atoms with Gasteiger partial charge in [0.05, 0.1) is 4.53 Å². The maximum absolute atomic E-state index is 13.9. The van der Waals surface area contributed by atoms with Gasteiger partial charge in [0.2, 0.25) is 0 Å². The van der Waals surface area contributed by atoms with Crippen molar-refractivity contribution in [1.29, 1.82) is 0 Å². The monoisotopic (exact) mass is 397 g/mol. The summed E-state index contributed by atoms with van der Waals surface area (Å²) < 4.78 is 16.9. The van der Waals surface area contributed by atoms with E-state index in [-0.39, 0.29) is 11.3 Å². The summed E-state index contributed by atoms with van der Waals surface area (Å²) in [5.41, 5.74) is -0.423. The van der Waals surface area contributed by atoms with Gasteiger partial charge >= 0.3 is 0 Å². The Labute approximate surface area is 145 Å². The molecule has 3 nitrogen and oxygen atoms in total. The highest BCUT2D eigenvalue weighted by atomic mass is 79.9. The van der Waals surface area contributed by atoms with Gasteiger partial charge in [0.25, 0.3) is 5.56 Å². The molecule has 6 heteroatoms. The Balaban J connectivity index is 2.61. The molecule has 23 heavy (non-hydrogen) atoms. The van der Waals surface area contributed by atoms with Crippen LogP contribution in [-0.2, 0) is 11.8 Å². The molecule has 0 fully saturated rings. The Kier molecular flexibility index (Phi) is 5.06. The van der Waals surface area contributed by atoms with E-state index in [1.54, 1.807) is 19.2 Å². The largest absolute Gasteiger partial charge is 0.302 e. The number of rotatable bonds is 2. The molecule has 0 aliphatic rings. The summed E-state index contributed by atoms with van der Waals surface area (Å²) in [6.07, 6.45) is 2.98. The first-order valence-electron chi connectivity index (χ1n) is 6.98. The second-order valence-corrected chi connectivity index (χ2v) is 8.22. The fraction of sp³-hybridized carbons (Fsp3) is 0.294. The lowest BCUT2D eigenvalue weighted by Gasteiger charge is -2.12. The highest BCUT2D eigenvalue weighted by Crippen LogP contribution is 2.16. The van der Waals surface area contributed by atoms with E-state index >= 15 is 0 Å². The molecule has 0 saturated carbocycles. The number of nitrogens with zero attached hydrogens (tertiary/aromatic N) is 1. The molecule has 0 bridgehead atoms. The minimum Gasteiger partial charge on any atom is -0.302 e. The number of ketones is 1. The molecule has 0 radical (unpaired) electrons. The van der Waals surface area contributed by atoms with Crippen LogP contribution in [0, 0.1) is 11.2 Å². The van der Waals surface area contributed by atoms with Crippen molar-refractivity contribution in [3.8, 4) is 0 Å². The molecule has 1 aromatic carbocycles. The van der Waals surface area contributed by atoms with Gasteiger partial charge in [-0.1, -0.05) is 42.8 Å². The average Bonchev–Trinajstić information content (AvgIpc) is 2.69. The molecule has 0 atom stereocenters. The second-order valence-electron chi connectivity index (χ2n) is 6.24. The van der Waals surface area contributed by atoms with Crippen molar-refractivity contribution in [1.82, 2.24) is 4.57 Å². The van der Waals surface area contributed by atoms with Crippen molar-refractivity contribution in [3.05, 3.63) is 53.6 Å². The first-order chi connectivity index (χ1) is 10.6. The SMILES string of the molecule is Cn1c(=CC(=O)C(C)(C)C)sc(=Cc2ccc(Br)cc2F)c1=O. The lowest BCUT2D eigenvalue weighted by molar-refractivity contribution is -0.120. The lowest BCUT2D eigenvalue weighted by Crippen LogP contribution is -2.30. The van der Waals surface area contributed by atoms with Gasteiger partial charge in [0.1, 0.15) is 10.5 Å². The highest BCUT2D eigenvalue weighted by molar-refractivity contribution is 9.10. The number of carbonyl (C=O) groups is 1. The summed E-state index contributed by atoms with van der Waals surface area (Å²) in [5, 5.41) is 0. The molecular formula is C17H17BrFNO2S. The van der Waals surface area contributed by atoms with Gasteiger partial charge in [-0.25, -0.2) is 4.39 Å². The van der Waals surface area contributed by atoms with E-state index in [9.17, 15) is 14.0 Å². The minimum absolute atomic E-state index is 0.0595. The van der Waals surface area contributed by atoms with Crippen molar-refractivity contribution in [2.45, 2.75) is 20.8 Å². The minimum atomic E-state index is -0.512. The standard InChI is InChI=1S/C17H17BrFNO2S/c1-17(2,3)14(21)9-15-20(4)16(22)13(23-15)7-10-5-6-11(18)8-12(10)19/h5-9H,1-4H3. The predicted molar refractivity (Wildman–Crippen MR) is 95.4 cm³/mol. The number of halogens is 2. The van der Waals surface area contributed by atoms with Gasteiger partial charge in [0, 0.05) is 28.6 Å². The van der Waals surface area contributed by atoms with Crippen LogP contribution in [0.5, 0.6) is 0 Å². The number of benzene rings is 1. The number of Topliss-reactive ketones (excluding diaryl/α,β-unsaturated/α-hetero) is 1. The molecule has 0 N–H and O–H groups in total. The molecule has 0 amide bonds. The molecule has 2 rings (SSSR count). The summed E-state index contributed by atoms with van der Waals surface area (Å²) >= 11 is 4.38. The summed E-state index contributed by atoms with van der Waals surface area (Å²) in [6.45, 7) is 5.46. The van der Waals surface area contributed by atoms with E-state index in [2.05, 4.69) is 15.9 Å². The zero-order valence-corrected chi connectivity index (χ0v) is 15.7. The maximum atomic E-state index is 13.9. The van der Waals surface area contributed by atoms with E-state index < -0.39 is 11.2 Å². The Hall–Kier alpha value is -1.53. The Morgan fingerprint density at radius 2 is 2.00 bits per heavy atom. The Morgan fingerprint density at radius 3 is 2.57 bits per heavy atom. The lowest BCUT2D eigenvalue weighted by atomic mass is 9.91. The number of hydrogen-bond acceptors (Lipinski definition) is 3. The van der Waals surface area contributed by atoms with Gasteiger partial charge in [0.15, 0.2) is 5.78 Å². The molecule has 1 aromatic heterocycles. The van der Waals surface area contributed by atoms with Crippen LogP contribution in [0.15, 0.2) is 27.5 Å². The first-order valence-corrected chi connectivity index (χ1v) is 8.59. The second kappa shape index (κ2) is 6.53. The number of carbonyl (C=O) groups excluding carboxylic acids is 1. The van der Waals surface area contributed by atoms with Crippen LogP contribution in [0.25, 0.3) is 12.2 Å². The first kappa shape index (κ1) is 17.8. The normalized spacial score (nSPS) is 13.7. The summed E-state index contributed by atoms with van der Waals surface area (Å²) in [5.74, 6) is -0.471. The van der Waals surface area contributed by atoms with Crippen molar-refractivity contribution < 1.29 is 9.18 Å². The van der Waals surface area contributed by atoms with Crippen molar-refractivity contribution in [3.63, 3.8) is 0 Å². The van der Waals surface area contributed by atoms with E-state index in [0.717, 1.165) is 0 Å². The zero-order valence-electron chi connectivity index (χ0n) is 13.3. The molecule has 1 heterocycles. The van der Waals surface area contributed by atoms with E-state index in [1.165, 1.54) is 34.1 Å². The van der Waals surface area contributed by atoms with E-state index in [1.807, 2.05) is 20.8 Å². The van der Waals surface area contributed by atoms with Crippen LogP contribution in [0.3, 0.4) is 0 Å². The maximum Gasteiger partial charge on any atom is 0.268 e. The number of thiazole rings is 1. The third kappa shape index (κ3) is 4.06. The van der Waals surface area contributed by atoms with Gasteiger partial charge in [-0.05, 0) is 18.2 Å². The highest BCUT2D eigenvalue weighted by Gasteiger charge is 2.19. The van der Waals surface area contributed by atoms with Crippen molar-refractivity contribution in [2.75, 3.05) is 0 Å². The van der Waals surface area contributed by atoms with Crippen LogP contribution in [0.4, 0.5) is 4.39 Å².